The minimum Gasteiger partial charge on any atom is -0.450 e. The van der Waals surface area contributed by atoms with E-state index in [0.717, 1.165) is 10.4 Å². The first kappa shape index (κ1) is 10.3. The molecule has 3 nitrogen and oxygen atoms in total. The van der Waals surface area contributed by atoms with Gasteiger partial charge in [-0.3, -0.25) is 0 Å². The van der Waals surface area contributed by atoms with Crippen LogP contribution in [-0.2, 0) is 11.3 Å². The number of rotatable bonds is 3. The van der Waals surface area contributed by atoms with Crippen molar-refractivity contribution in [2.75, 3.05) is 0 Å². The number of carboxylic acid groups (broad SMARTS) is 1. The van der Waals surface area contributed by atoms with Gasteiger partial charge in [-0.1, -0.05) is 0 Å². The maximum absolute atomic E-state index is 10.1. The van der Waals surface area contributed by atoms with E-state index in [-0.39, 0.29) is 12.0 Å². The van der Waals surface area contributed by atoms with Crippen LogP contribution in [0.2, 0.25) is 0 Å². The number of carbonyl (C=O) groups is 1. The molecule has 0 fully saturated rings. The smallest absolute Gasteiger partial charge is 0.450 e. The average Bonchev–Trinajstić information content (AvgIpc) is 2.47. The van der Waals surface area contributed by atoms with Crippen LogP contribution in [0.15, 0.2) is 11.4 Å². The van der Waals surface area contributed by atoms with Crippen molar-refractivity contribution in [3.05, 3.63) is 21.9 Å². The maximum atomic E-state index is 10.1. The summed E-state index contributed by atoms with van der Waals surface area (Å²) in [5.74, 6) is 0. The Morgan fingerprint density at radius 2 is 2.54 bits per heavy atom. The fourth-order valence-electron chi connectivity index (χ4n) is 0.950. The van der Waals surface area contributed by atoms with Crippen molar-refractivity contribution < 1.29 is 14.6 Å². The molecule has 5 heteroatoms. The molecule has 1 N–H and O–H groups in total. The Balaban J connectivity index is 2.65. The Labute approximate surface area is 84.9 Å². The first-order chi connectivity index (χ1) is 6.11. The number of halogens is 1. The van der Waals surface area contributed by atoms with E-state index in [0.29, 0.717) is 0 Å². The lowest BCUT2D eigenvalue weighted by atomic mass is 10.2. The molecular formula is C8H9ClO3S. The maximum Gasteiger partial charge on any atom is 0.506 e. The molecule has 0 aliphatic carbocycles. The standard InChI is InChI=1S/C8H9ClO3S/c1-5(9)6-2-3-13-7(6)4-12-8(10)11/h2-3,5H,4H2,1H3,(H,10,11). The topological polar surface area (TPSA) is 46.5 Å². The van der Waals surface area contributed by atoms with Crippen LogP contribution >= 0.6 is 22.9 Å². The van der Waals surface area contributed by atoms with E-state index >= 15 is 0 Å². The van der Waals surface area contributed by atoms with Crippen LogP contribution in [0, 0.1) is 0 Å². The summed E-state index contributed by atoms with van der Waals surface area (Å²) in [6, 6.07) is 1.88. The Kier molecular flexibility index (Phi) is 3.57. The van der Waals surface area contributed by atoms with Crippen LogP contribution < -0.4 is 0 Å². The van der Waals surface area contributed by atoms with Crippen LogP contribution in [0.25, 0.3) is 0 Å². The molecule has 0 spiro atoms. The van der Waals surface area contributed by atoms with Crippen molar-refractivity contribution in [3.63, 3.8) is 0 Å². The molecule has 1 atom stereocenters. The molecule has 0 amide bonds. The summed E-state index contributed by atoms with van der Waals surface area (Å²) < 4.78 is 4.45. The van der Waals surface area contributed by atoms with Gasteiger partial charge in [0.05, 0.1) is 5.38 Å². The minimum atomic E-state index is -1.26. The molecule has 0 bridgehead atoms. The van der Waals surface area contributed by atoms with Crippen LogP contribution in [0.4, 0.5) is 4.79 Å². The summed E-state index contributed by atoms with van der Waals surface area (Å²) >= 11 is 7.32. The molecule has 72 valence electrons. The molecule has 0 radical (unpaired) electrons. The van der Waals surface area contributed by atoms with Gasteiger partial charge < -0.3 is 9.84 Å². The lowest BCUT2D eigenvalue weighted by molar-refractivity contribution is 0.0861. The zero-order chi connectivity index (χ0) is 9.84. The van der Waals surface area contributed by atoms with E-state index in [4.69, 9.17) is 16.7 Å². The van der Waals surface area contributed by atoms with Gasteiger partial charge in [-0.25, -0.2) is 4.79 Å². The fourth-order valence-corrected chi connectivity index (χ4v) is 2.11. The zero-order valence-corrected chi connectivity index (χ0v) is 8.56. The van der Waals surface area contributed by atoms with Gasteiger partial charge in [-0.15, -0.1) is 22.9 Å². The third-order valence-corrected chi connectivity index (χ3v) is 2.68. The number of thiophene rings is 1. The SMILES string of the molecule is CC(Cl)c1ccsc1COC(=O)O. The second-order valence-corrected chi connectivity index (χ2v) is 4.13. The van der Waals surface area contributed by atoms with Gasteiger partial charge in [0.1, 0.15) is 6.61 Å². The Hall–Kier alpha value is -0.740. The molecule has 1 aromatic rings. The van der Waals surface area contributed by atoms with Crippen molar-refractivity contribution in [2.24, 2.45) is 0 Å². The van der Waals surface area contributed by atoms with Crippen molar-refractivity contribution in [1.29, 1.82) is 0 Å². The predicted octanol–water partition coefficient (Wildman–Crippen LogP) is 3.24. The van der Waals surface area contributed by atoms with E-state index in [1.54, 1.807) is 0 Å². The van der Waals surface area contributed by atoms with Crippen LogP contribution in [-0.4, -0.2) is 11.3 Å². The van der Waals surface area contributed by atoms with Crippen molar-refractivity contribution in [2.45, 2.75) is 18.9 Å². The Morgan fingerprint density at radius 3 is 3.08 bits per heavy atom. The van der Waals surface area contributed by atoms with Crippen molar-refractivity contribution >= 4 is 29.1 Å². The molecule has 0 aliphatic heterocycles. The monoisotopic (exact) mass is 220 g/mol. The summed E-state index contributed by atoms with van der Waals surface area (Å²) in [5, 5.41) is 10.0. The highest BCUT2D eigenvalue weighted by atomic mass is 35.5. The number of ether oxygens (including phenoxy) is 1. The van der Waals surface area contributed by atoms with E-state index in [1.165, 1.54) is 11.3 Å². The summed E-state index contributed by atoms with van der Waals surface area (Å²) in [5.41, 5.74) is 0.938. The quantitative estimate of drug-likeness (QED) is 0.628. The highest BCUT2D eigenvalue weighted by molar-refractivity contribution is 7.10. The van der Waals surface area contributed by atoms with Crippen LogP contribution in [0.3, 0.4) is 0 Å². The largest absolute Gasteiger partial charge is 0.506 e. The van der Waals surface area contributed by atoms with Gasteiger partial charge >= 0.3 is 6.16 Å². The zero-order valence-electron chi connectivity index (χ0n) is 6.99. The van der Waals surface area contributed by atoms with E-state index in [2.05, 4.69) is 4.74 Å². The second kappa shape index (κ2) is 4.48. The van der Waals surface area contributed by atoms with Crippen LogP contribution in [0.1, 0.15) is 22.7 Å². The van der Waals surface area contributed by atoms with Gasteiger partial charge in [0.15, 0.2) is 0 Å². The summed E-state index contributed by atoms with van der Waals surface area (Å²) in [6.07, 6.45) is -1.26. The van der Waals surface area contributed by atoms with Crippen LogP contribution in [0.5, 0.6) is 0 Å². The Bertz CT molecular complexity index is 295. The van der Waals surface area contributed by atoms with Gasteiger partial charge in [0.2, 0.25) is 0 Å². The third-order valence-electron chi connectivity index (χ3n) is 1.54. The first-order valence-electron chi connectivity index (χ1n) is 3.67. The highest BCUT2D eigenvalue weighted by Crippen LogP contribution is 2.28. The first-order valence-corrected chi connectivity index (χ1v) is 4.99. The van der Waals surface area contributed by atoms with E-state index in [1.807, 2.05) is 18.4 Å². The summed E-state index contributed by atoms with van der Waals surface area (Å²) in [4.78, 5) is 11.0. The molecule has 1 heterocycles. The molecule has 1 rings (SSSR count). The van der Waals surface area contributed by atoms with E-state index < -0.39 is 6.16 Å². The molecule has 1 unspecified atom stereocenters. The predicted molar refractivity (Wildman–Crippen MR) is 51.4 cm³/mol. The molecule has 0 saturated carbocycles. The summed E-state index contributed by atoms with van der Waals surface area (Å²) in [6.45, 7) is 1.92. The lowest BCUT2D eigenvalue weighted by Crippen LogP contribution is -2.00. The molecule has 0 aliphatic rings. The normalized spacial score (nSPS) is 12.5. The highest BCUT2D eigenvalue weighted by Gasteiger charge is 2.10. The van der Waals surface area contributed by atoms with E-state index in [9.17, 15) is 4.79 Å². The van der Waals surface area contributed by atoms with Crippen molar-refractivity contribution in [1.82, 2.24) is 0 Å². The van der Waals surface area contributed by atoms with Gasteiger partial charge in [0.25, 0.3) is 0 Å². The van der Waals surface area contributed by atoms with Gasteiger partial charge in [0, 0.05) is 4.88 Å². The van der Waals surface area contributed by atoms with Gasteiger partial charge in [-0.05, 0) is 23.9 Å². The molecule has 0 saturated heterocycles. The lowest BCUT2D eigenvalue weighted by Gasteiger charge is -2.04. The fraction of sp³-hybridized carbons (Fsp3) is 0.375. The van der Waals surface area contributed by atoms with Gasteiger partial charge in [-0.2, -0.15) is 0 Å². The average molecular weight is 221 g/mol. The molecular weight excluding hydrogens is 212 g/mol. The number of alkyl halides is 1. The number of hydrogen-bond acceptors (Lipinski definition) is 3. The molecule has 1 aromatic heterocycles. The summed E-state index contributed by atoms with van der Waals surface area (Å²) in [7, 11) is 0. The second-order valence-electron chi connectivity index (χ2n) is 2.47. The number of hydrogen-bond donors (Lipinski definition) is 1. The third kappa shape index (κ3) is 2.90. The Morgan fingerprint density at radius 1 is 1.85 bits per heavy atom. The molecule has 0 aromatic carbocycles. The van der Waals surface area contributed by atoms with Crippen molar-refractivity contribution in [3.8, 4) is 0 Å². The minimum absolute atomic E-state index is 0.0827. The molecule has 13 heavy (non-hydrogen) atoms.